The number of ketones is 1. The molecule has 4 aliphatic rings. The Morgan fingerprint density at radius 2 is 2.14 bits per heavy atom. The minimum absolute atomic E-state index is 0.106. The lowest BCUT2D eigenvalue weighted by molar-refractivity contribution is -0.111. The highest BCUT2D eigenvalue weighted by Crippen LogP contribution is 2.62. The van der Waals surface area contributed by atoms with Gasteiger partial charge < -0.3 is 5.11 Å². The van der Waals surface area contributed by atoms with Crippen molar-refractivity contribution in [3.8, 4) is 0 Å². The Kier molecular flexibility index (Phi) is 3.01. The Bertz CT molecular complexity index is 533. The van der Waals surface area contributed by atoms with Gasteiger partial charge in [0.25, 0.3) is 0 Å². The smallest absolute Gasteiger partial charge is 0.178 e. The average Bonchev–Trinajstić information content (AvgIpc) is 2.74. The first kappa shape index (κ1) is 13.8. The Morgan fingerprint density at radius 3 is 2.95 bits per heavy atom. The summed E-state index contributed by atoms with van der Waals surface area (Å²) in [6, 6.07) is 0. The van der Waals surface area contributed by atoms with Crippen LogP contribution in [0.3, 0.4) is 0 Å². The van der Waals surface area contributed by atoms with Crippen LogP contribution in [0.5, 0.6) is 0 Å². The lowest BCUT2D eigenvalue weighted by Gasteiger charge is -2.52. The Labute approximate surface area is 128 Å². The molecule has 0 spiro atoms. The van der Waals surface area contributed by atoms with Gasteiger partial charge >= 0.3 is 0 Å². The van der Waals surface area contributed by atoms with E-state index in [0.717, 1.165) is 25.7 Å². The van der Waals surface area contributed by atoms with Gasteiger partial charge in [-0.05, 0) is 55.1 Å². The maximum Gasteiger partial charge on any atom is 0.178 e. The summed E-state index contributed by atoms with van der Waals surface area (Å²) in [6.07, 6.45) is 10.5. The van der Waals surface area contributed by atoms with Crippen molar-refractivity contribution in [1.82, 2.24) is 0 Å². The van der Waals surface area contributed by atoms with Crippen molar-refractivity contribution >= 4 is 13.6 Å². The van der Waals surface area contributed by atoms with E-state index in [0.29, 0.717) is 23.7 Å². The molecule has 3 fully saturated rings. The van der Waals surface area contributed by atoms with Gasteiger partial charge in [-0.2, -0.15) is 0 Å². The Morgan fingerprint density at radius 1 is 1.33 bits per heavy atom. The lowest BCUT2D eigenvalue weighted by Crippen LogP contribution is -2.48. The number of carbonyl (C=O) groups excluding carboxylic acids is 1. The summed E-state index contributed by atoms with van der Waals surface area (Å²) >= 11 is 0. The van der Waals surface area contributed by atoms with Crippen LogP contribution in [0.4, 0.5) is 0 Å². The zero-order valence-electron chi connectivity index (χ0n) is 12.7. The zero-order valence-corrected chi connectivity index (χ0v) is 12.7. The molecule has 4 aliphatic carbocycles. The molecule has 0 saturated heterocycles. The van der Waals surface area contributed by atoms with Crippen LogP contribution in [-0.2, 0) is 4.79 Å². The van der Waals surface area contributed by atoms with Crippen molar-refractivity contribution in [1.29, 1.82) is 0 Å². The van der Waals surface area contributed by atoms with Crippen LogP contribution in [-0.4, -0.2) is 24.8 Å². The summed E-state index contributed by atoms with van der Waals surface area (Å²) < 4.78 is 0. The SMILES string of the molecule is [B]C1(C)CCC2C3CCC4=CC(=O)C=C[C@@H]4C3[C@@H](O)C[C@@H]21. The van der Waals surface area contributed by atoms with Crippen LogP contribution in [0.15, 0.2) is 23.8 Å². The van der Waals surface area contributed by atoms with E-state index in [1.165, 1.54) is 12.0 Å². The second kappa shape index (κ2) is 4.58. The zero-order chi connectivity index (χ0) is 14.8. The summed E-state index contributed by atoms with van der Waals surface area (Å²) in [7, 11) is 6.49. The average molecular weight is 282 g/mol. The summed E-state index contributed by atoms with van der Waals surface area (Å²) in [5, 5.41) is 10.7. The van der Waals surface area contributed by atoms with Crippen LogP contribution in [0, 0.1) is 29.6 Å². The van der Waals surface area contributed by atoms with Gasteiger partial charge in [0.05, 0.1) is 14.0 Å². The van der Waals surface area contributed by atoms with Gasteiger partial charge in [0.2, 0.25) is 0 Å². The van der Waals surface area contributed by atoms with Crippen molar-refractivity contribution in [2.24, 2.45) is 29.6 Å². The van der Waals surface area contributed by atoms with E-state index in [4.69, 9.17) is 7.85 Å². The molecule has 1 N–H and O–H groups in total. The van der Waals surface area contributed by atoms with Crippen molar-refractivity contribution in [2.45, 2.75) is 50.4 Å². The molecule has 0 aromatic rings. The first-order valence-electron chi connectivity index (χ1n) is 8.37. The first-order chi connectivity index (χ1) is 9.97. The van der Waals surface area contributed by atoms with E-state index in [1.54, 1.807) is 12.2 Å². The minimum atomic E-state index is -0.274. The number of hydrogen-bond donors (Lipinski definition) is 1. The fourth-order valence-corrected chi connectivity index (χ4v) is 5.81. The van der Waals surface area contributed by atoms with Crippen molar-refractivity contribution in [3.63, 3.8) is 0 Å². The molecule has 7 atom stereocenters. The van der Waals surface area contributed by atoms with Gasteiger partial charge in [0.1, 0.15) is 0 Å². The predicted octanol–water partition coefficient (Wildman–Crippen LogP) is 2.83. The molecule has 3 heteroatoms. The van der Waals surface area contributed by atoms with E-state index in [1.807, 2.05) is 0 Å². The number of carbonyl (C=O) groups is 1. The van der Waals surface area contributed by atoms with E-state index < -0.39 is 0 Å². The molecule has 3 saturated carbocycles. The highest BCUT2D eigenvalue weighted by Gasteiger charge is 2.54. The Balaban J connectivity index is 1.67. The molecule has 0 bridgehead atoms. The normalized spacial score (nSPS) is 51.9. The van der Waals surface area contributed by atoms with Gasteiger partial charge in [0.15, 0.2) is 5.78 Å². The molecule has 2 radical (unpaired) electrons. The standard InChI is InChI=1S/C18H23BO2/c1-18(19)7-6-13-14-4-2-10-8-11(20)3-5-12(10)17(14)16(21)9-15(13)18/h3,5,8,12-17,21H,2,4,6-7,9H2,1H3/t12-,13?,14?,15-,16-,17?,18?/m0/s1. The summed E-state index contributed by atoms with van der Waals surface area (Å²) in [4.78, 5) is 11.6. The Hall–Kier alpha value is -0.825. The minimum Gasteiger partial charge on any atom is -0.393 e. The topological polar surface area (TPSA) is 37.3 Å². The maximum atomic E-state index is 11.6. The first-order valence-corrected chi connectivity index (χ1v) is 8.37. The second-order valence-electron chi connectivity index (χ2n) is 7.90. The van der Waals surface area contributed by atoms with Gasteiger partial charge in [0, 0.05) is 5.92 Å². The summed E-state index contributed by atoms with van der Waals surface area (Å²) in [6.45, 7) is 2.16. The van der Waals surface area contributed by atoms with E-state index in [9.17, 15) is 9.90 Å². The molecular formula is C18H23BO2. The fraction of sp³-hybridized carbons (Fsp3) is 0.722. The van der Waals surface area contributed by atoms with E-state index in [-0.39, 0.29) is 23.1 Å². The molecule has 4 unspecified atom stereocenters. The van der Waals surface area contributed by atoms with Crippen molar-refractivity contribution in [2.75, 3.05) is 0 Å². The van der Waals surface area contributed by atoms with E-state index >= 15 is 0 Å². The lowest BCUT2D eigenvalue weighted by atomic mass is 9.51. The molecular weight excluding hydrogens is 259 g/mol. The quantitative estimate of drug-likeness (QED) is 0.694. The summed E-state index contributed by atoms with van der Waals surface area (Å²) in [5.74, 6) is 2.39. The molecule has 0 amide bonds. The monoisotopic (exact) mass is 282 g/mol. The fourth-order valence-electron chi connectivity index (χ4n) is 5.81. The molecule has 21 heavy (non-hydrogen) atoms. The van der Waals surface area contributed by atoms with Crippen LogP contribution >= 0.6 is 0 Å². The third-order valence-electron chi connectivity index (χ3n) is 6.77. The van der Waals surface area contributed by atoms with Gasteiger partial charge in [-0.15, -0.1) is 0 Å². The molecule has 0 aromatic carbocycles. The number of allylic oxidation sites excluding steroid dienone is 4. The third kappa shape index (κ3) is 2.00. The summed E-state index contributed by atoms with van der Waals surface area (Å²) in [5.41, 5.74) is 1.25. The molecule has 0 aromatic heterocycles. The van der Waals surface area contributed by atoms with Crippen LogP contribution < -0.4 is 0 Å². The van der Waals surface area contributed by atoms with Crippen molar-refractivity contribution < 1.29 is 9.90 Å². The highest BCUT2D eigenvalue weighted by atomic mass is 16.3. The molecule has 0 heterocycles. The van der Waals surface area contributed by atoms with Crippen LogP contribution in [0.25, 0.3) is 0 Å². The molecule has 0 aliphatic heterocycles. The van der Waals surface area contributed by atoms with Crippen LogP contribution in [0.2, 0.25) is 5.31 Å². The molecule has 110 valence electrons. The van der Waals surface area contributed by atoms with Gasteiger partial charge in [-0.1, -0.05) is 36.7 Å². The predicted molar refractivity (Wildman–Crippen MR) is 82.9 cm³/mol. The number of aliphatic hydroxyl groups is 1. The number of fused-ring (bicyclic) bond motifs is 5. The highest BCUT2D eigenvalue weighted by molar-refractivity contribution is 6.15. The number of aliphatic hydroxyl groups excluding tert-OH is 1. The van der Waals surface area contributed by atoms with Crippen molar-refractivity contribution in [3.05, 3.63) is 23.8 Å². The maximum absolute atomic E-state index is 11.6. The third-order valence-corrected chi connectivity index (χ3v) is 6.77. The van der Waals surface area contributed by atoms with Gasteiger partial charge in [-0.3, -0.25) is 4.79 Å². The van der Waals surface area contributed by atoms with Gasteiger partial charge in [-0.25, -0.2) is 0 Å². The van der Waals surface area contributed by atoms with Crippen LogP contribution in [0.1, 0.15) is 39.0 Å². The number of rotatable bonds is 0. The second-order valence-corrected chi connectivity index (χ2v) is 7.90. The molecule has 4 rings (SSSR count). The number of hydrogen-bond acceptors (Lipinski definition) is 2. The van der Waals surface area contributed by atoms with E-state index in [2.05, 4.69) is 13.0 Å². The molecule has 2 nitrogen and oxygen atoms in total. The largest absolute Gasteiger partial charge is 0.393 e.